The molecular formula is C17H19N3. The second-order valence-corrected chi connectivity index (χ2v) is 5.42. The van der Waals surface area contributed by atoms with Crippen molar-refractivity contribution in [2.24, 2.45) is 5.73 Å². The number of nitrogens with one attached hydrogen (secondary N) is 1. The molecule has 3 rings (SSSR count). The van der Waals surface area contributed by atoms with Crippen molar-refractivity contribution in [2.45, 2.75) is 19.4 Å². The minimum atomic E-state index is -0.339. The van der Waals surface area contributed by atoms with Gasteiger partial charge >= 0.3 is 0 Å². The van der Waals surface area contributed by atoms with E-state index < -0.39 is 0 Å². The van der Waals surface area contributed by atoms with E-state index in [-0.39, 0.29) is 5.54 Å². The number of fused-ring (bicyclic) bond motifs is 1. The topological polar surface area (TPSA) is 64.1 Å². The minimum absolute atomic E-state index is 0.339. The highest BCUT2D eigenvalue weighted by atomic mass is 15.1. The monoisotopic (exact) mass is 265 g/mol. The summed E-state index contributed by atoms with van der Waals surface area (Å²) in [5.74, 6) is 0.671. The van der Waals surface area contributed by atoms with Gasteiger partial charge in [0.1, 0.15) is 5.82 Å². The quantitative estimate of drug-likeness (QED) is 0.674. The molecule has 0 fully saturated rings. The first-order chi connectivity index (χ1) is 9.54. The molecule has 0 spiro atoms. The molecule has 5 N–H and O–H groups in total. The molecule has 1 aliphatic heterocycles. The van der Waals surface area contributed by atoms with Crippen LogP contribution < -0.4 is 27.2 Å². The maximum Gasteiger partial charge on any atom is 0.105 e. The van der Waals surface area contributed by atoms with E-state index in [1.807, 2.05) is 36.4 Å². The number of rotatable bonds is 1. The summed E-state index contributed by atoms with van der Waals surface area (Å²) in [6.45, 7) is 4.25. The normalized spacial score (nSPS) is 21.3. The zero-order chi connectivity index (χ0) is 14.3. The lowest BCUT2D eigenvalue weighted by Gasteiger charge is -2.36. The van der Waals surface area contributed by atoms with Gasteiger partial charge in [-0.15, -0.1) is 0 Å². The number of nitrogens with two attached hydrogens (primary N) is 2. The predicted octanol–water partition coefficient (Wildman–Crippen LogP) is 0.982. The molecule has 0 saturated heterocycles. The standard InChI is InChI=1S/C17H19N3/c1-11-15-13(9-6-10-14(15)18)16(19)20-17(11,2)12-7-4-3-5-8-12/h3-10,20H,18-19H2,1-2H3. The molecule has 0 bridgehead atoms. The van der Waals surface area contributed by atoms with E-state index in [4.69, 9.17) is 11.5 Å². The Morgan fingerprint density at radius 1 is 0.950 bits per heavy atom. The predicted molar refractivity (Wildman–Crippen MR) is 83.7 cm³/mol. The molecule has 2 aromatic rings. The summed E-state index contributed by atoms with van der Waals surface area (Å²) in [6.07, 6.45) is 0. The van der Waals surface area contributed by atoms with Gasteiger partial charge in [-0.2, -0.15) is 0 Å². The summed E-state index contributed by atoms with van der Waals surface area (Å²) in [5, 5.41) is 5.48. The van der Waals surface area contributed by atoms with Crippen molar-refractivity contribution in [3.05, 3.63) is 64.5 Å². The number of nitrogen functional groups attached to an aromatic ring is 1. The van der Waals surface area contributed by atoms with Gasteiger partial charge in [-0.3, -0.25) is 0 Å². The third-order valence-corrected chi connectivity index (χ3v) is 4.25. The summed E-state index contributed by atoms with van der Waals surface area (Å²) in [7, 11) is 0. The van der Waals surface area contributed by atoms with Gasteiger partial charge in [0.25, 0.3) is 0 Å². The molecular weight excluding hydrogens is 246 g/mol. The van der Waals surface area contributed by atoms with Crippen LogP contribution in [0.4, 0.5) is 5.69 Å². The van der Waals surface area contributed by atoms with E-state index in [9.17, 15) is 0 Å². The minimum Gasteiger partial charge on any atom is -0.398 e. The Morgan fingerprint density at radius 2 is 1.65 bits per heavy atom. The molecule has 1 heterocycles. The van der Waals surface area contributed by atoms with Gasteiger partial charge in [0, 0.05) is 16.1 Å². The van der Waals surface area contributed by atoms with Gasteiger partial charge in [0.15, 0.2) is 0 Å². The van der Waals surface area contributed by atoms with Crippen LogP contribution in [-0.2, 0) is 5.54 Å². The Bertz CT molecular complexity index is 778. The average molecular weight is 265 g/mol. The number of benzene rings is 2. The molecule has 1 aliphatic rings. The number of hydrogen-bond acceptors (Lipinski definition) is 3. The SMILES string of the molecule is CC1=c2c(N)cccc2=C(N)NC1(C)c1ccccc1. The van der Waals surface area contributed by atoms with E-state index in [1.54, 1.807) is 0 Å². The molecule has 1 unspecified atom stereocenters. The van der Waals surface area contributed by atoms with Crippen molar-refractivity contribution in [3.63, 3.8) is 0 Å². The van der Waals surface area contributed by atoms with E-state index in [1.165, 1.54) is 11.1 Å². The van der Waals surface area contributed by atoms with Crippen LogP contribution in [0.1, 0.15) is 19.4 Å². The fraction of sp³-hybridized carbons (Fsp3) is 0.176. The van der Waals surface area contributed by atoms with Gasteiger partial charge in [0.2, 0.25) is 0 Å². The molecule has 2 aromatic carbocycles. The molecule has 1 atom stereocenters. The lowest BCUT2D eigenvalue weighted by molar-refractivity contribution is 0.540. The molecule has 0 saturated carbocycles. The second-order valence-electron chi connectivity index (χ2n) is 5.42. The van der Waals surface area contributed by atoms with E-state index in [0.29, 0.717) is 5.82 Å². The lowest BCUT2D eigenvalue weighted by atomic mass is 9.81. The zero-order valence-electron chi connectivity index (χ0n) is 11.8. The first-order valence-corrected chi connectivity index (χ1v) is 6.73. The first-order valence-electron chi connectivity index (χ1n) is 6.73. The van der Waals surface area contributed by atoms with Crippen molar-refractivity contribution in [3.8, 4) is 0 Å². The third-order valence-electron chi connectivity index (χ3n) is 4.25. The third kappa shape index (κ3) is 1.67. The maximum atomic E-state index is 6.23. The smallest absolute Gasteiger partial charge is 0.105 e. The maximum absolute atomic E-state index is 6.23. The molecule has 0 amide bonds. The molecule has 20 heavy (non-hydrogen) atoms. The van der Waals surface area contributed by atoms with Crippen molar-refractivity contribution in [2.75, 3.05) is 5.73 Å². The van der Waals surface area contributed by atoms with Crippen LogP contribution in [0, 0.1) is 0 Å². The summed E-state index contributed by atoms with van der Waals surface area (Å²) < 4.78 is 0. The Labute approximate surface area is 118 Å². The molecule has 0 radical (unpaired) electrons. The van der Waals surface area contributed by atoms with Gasteiger partial charge < -0.3 is 16.8 Å². The second kappa shape index (κ2) is 4.30. The highest BCUT2D eigenvalue weighted by Gasteiger charge is 2.32. The fourth-order valence-electron chi connectivity index (χ4n) is 2.95. The van der Waals surface area contributed by atoms with Crippen molar-refractivity contribution >= 4 is 17.1 Å². The summed E-state index contributed by atoms with van der Waals surface area (Å²) in [4.78, 5) is 0. The highest BCUT2D eigenvalue weighted by molar-refractivity contribution is 5.69. The van der Waals surface area contributed by atoms with Crippen molar-refractivity contribution in [1.82, 2.24) is 5.32 Å². The fourth-order valence-corrected chi connectivity index (χ4v) is 2.95. The van der Waals surface area contributed by atoms with Gasteiger partial charge in [0.05, 0.1) is 5.54 Å². The van der Waals surface area contributed by atoms with Gasteiger partial charge in [-0.05, 0) is 31.1 Å². The van der Waals surface area contributed by atoms with Crippen LogP contribution in [0.15, 0.2) is 48.5 Å². The number of hydrogen-bond donors (Lipinski definition) is 3. The number of anilines is 1. The van der Waals surface area contributed by atoms with Crippen molar-refractivity contribution in [1.29, 1.82) is 0 Å². The highest BCUT2D eigenvalue weighted by Crippen LogP contribution is 2.30. The van der Waals surface area contributed by atoms with Gasteiger partial charge in [-0.25, -0.2) is 0 Å². The molecule has 3 nitrogen and oxygen atoms in total. The molecule has 102 valence electrons. The molecule has 0 aliphatic carbocycles. The van der Waals surface area contributed by atoms with Crippen LogP contribution in [0.2, 0.25) is 0 Å². The Kier molecular flexibility index (Phi) is 2.71. The lowest BCUT2D eigenvalue weighted by Crippen LogP contribution is -2.53. The Hall–Kier alpha value is -2.42. The van der Waals surface area contributed by atoms with Crippen LogP contribution >= 0.6 is 0 Å². The van der Waals surface area contributed by atoms with Crippen LogP contribution in [-0.4, -0.2) is 0 Å². The average Bonchev–Trinajstić information content (AvgIpc) is 2.46. The zero-order valence-corrected chi connectivity index (χ0v) is 11.8. The van der Waals surface area contributed by atoms with Crippen LogP contribution in [0.3, 0.4) is 0 Å². The Morgan fingerprint density at radius 3 is 2.35 bits per heavy atom. The summed E-state index contributed by atoms with van der Waals surface area (Å²) >= 11 is 0. The van der Waals surface area contributed by atoms with Crippen molar-refractivity contribution < 1.29 is 0 Å². The first kappa shape index (κ1) is 12.6. The van der Waals surface area contributed by atoms with Crippen LogP contribution in [0.5, 0.6) is 0 Å². The summed E-state index contributed by atoms with van der Waals surface area (Å²) in [5.41, 5.74) is 15.2. The largest absolute Gasteiger partial charge is 0.398 e. The molecule has 0 aromatic heterocycles. The summed E-state index contributed by atoms with van der Waals surface area (Å²) in [6, 6.07) is 16.2. The van der Waals surface area contributed by atoms with E-state index in [0.717, 1.165) is 16.1 Å². The van der Waals surface area contributed by atoms with E-state index in [2.05, 4.69) is 31.3 Å². The van der Waals surface area contributed by atoms with Crippen LogP contribution in [0.25, 0.3) is 11.4 Å². The molecule has 3 heteroatoms. The van der Waals surface area contributed by atoms with Gasteiger partial charge in [-0.1, -0.05) is 42.5 Å². The van der Waals surface area contributed by atoms with E-state index >= 15 is 0 Å². The Balaban J connectivity index is 2.38.